The molecule has 0 atom stereocenters. The number of nitrogens with zero attached hydrogens (tertiary/aromatic N) is 1. The summed E-state index contributed by atoms with van der Waals surface area (Å²) in [4.78, 5) is 26.7. The summed E-state index contributed by atoms with van der Waals surface area (Å²) in [6, 6.07) is 13.1. The number of carbonyl (C=O) groups is 2. The van der Waals surface area contributed by atoms with Crippen molar-refractivity contribution >= 4 is 40.6 Å². The molecule has 2 aliphatic heterocycles. The first-order chi connectivity index (χ1) is 13.5. The van der Waals surface area contributed by atoms with Crippen molar-refractivity contribution in [3.63, 3.8) is 0 Å². The molecule has 0 radical (unpaired) electrons. The Morgan fingerprint density at radius 2 is 1.89 bits per heavy atom. The highest BCUT2D eigenvalue weighted by Gasteiger charge is 2.35. The number of amides is 2. The Bertz CT molecular complexity index is 1020. The maximum absolute atomic E-state index is 12.7. The zero-order chi connectivity index (χ0) is 19.7. The summed E-state index contributed by atoms with van der Waals surface area (Å²) in [6.07, 6.45) is 3.70. The van der Waals surface area contributed by atoms with E-state index in [0.29, 0.717) is 27.0 Å². The van der Waals surface area contributed by atoms with Crippen molar-refractivity contribution in [3.8, 4) is 11.5 Å². The first kappa shape index (κ1) is 18.7. The van der Waals surface area contributed by atoms with Crippen LogP contribution in [0.25, 0.3) is 6.08 Å². The van der Waals surface area contributed by atoms with Gasteiger partial charge in [-0.15, -0.1) is 0 Å². The molecule has 0 spiro atoms. The molecule has 0 aromatic heterocycles. The van der Waals surface area contributed by atoms with Crippen molar-refractivity contribution in [1.29, 1.82) is 0 Å². The van der Waals surface area contributed by atoms with Gasteiger partial charge in [-0.25, -0.2) is 0 Å². The number of carbonyl (C=O) groups excluding carboxylic acids is 2. The lowest BCUT2D eigenvalue weighted by Gasteiger charge is -2.14. The van der Waals surface area contributed by atoms with Crippen molar-refractivity contribution in [2.24, 2.45) is 0 Å². The molecule has 0 aliphatic carbocycles. The highest BCUT2D eigenvalue weighted by atomic mass is 35.5. The van der Waals surface area contributed by atoms with Crippen LogP contribution >= 0.6 is 23.4 Å². The van der Waals surface area contributed by atoms with Gasteiger partial charge in [0.05, 0.1) is 11.4 Å². The molecule has 2 aliphatic rings. The third-order valence-corrected chi connectivity index (χ3v) is 5.56. The van der Waals surface area contributed by atoms with E-state index in [9.17, 15) is 9.59 Å². The van der Waals surface area contributed by atoms with Gasteiger partial charge < -0.3 is 9.47 Å². The van der Waals surface area contributed by atoms with Crippen LogP contribution in [-0.2, 0) is 11.3 Å². The van der Waals surface area contributed by atoms with Crippen LogP contribution in [0.3, 0.4) is 0 Å². The smallest absolute Gasteiger partial charge is 0.293 e. The summed E-state index contributed by atoms with van der Waals surface area (Å²) < 4.78 is 10.6. The summed E-state index contributed by atoms with van der Waals surface area (Å²) in [7, 11) is 0. The zero-order valence-electron chi connectivity index (χ0n) is 15.0. The Morgan fingerprint density at radius 1 is 1.18 bits per heavy atom. The topological polar surface area (TPSA) is 55.8 Å². The molecule has 2 heterocycles. The monoisotopic (exact) mass is 413 g/mol. The molecule has 0 saturated carbocycles. The Morgan fingerprint density at radius 3 is 2.64 bits per heavy atom. The fourth-order valence-electron chi connectivity index (χ4n) is 2.95. The maximum Gasteiger partial charge on any atom is 0.293 e. The molecule has 1 saturated heterocycles. The van der Waals surface area contributed by atoms with Crippen LogP contribution in [0.4, 0.5) is 4.79 Å². The number of ether oxygens (including phenoxy) is 2. The van der Waals surface area contributed by atoms with Gasteiger partial charge in [0, 0.05) is 11.1 Å². The third-order valence-electron chi connectivity index (χ3n) is 4.30. The molecule has 0 unspecified atom stereocenters. The van der Waals surface area contributed by atoms with Gasteiger partial charge in [-0.2, -0.15) is 0 Å². The quantitative estimate of drug-likeness (QED) is 0.640. The van der Waals surface area contributed by atoms with E-state index >= 15 is 0 Å². The lowest BCUT2D eigenvalue weighted by Crippen LogP contribution is -2.27. The van der Waals surface area contributed by atoms with E-state index in [0.717, 1.165) is 22.9 Å². The number of thioether (sulfide) groups is 1. The minimum atomic E-state index is -0.329. The van der Waals surface area contributed by atoms with Crippen LogP contribution in [-0.4, -0.2) is 22.8 Å². The van der Waals surface area contributed by atoms with Gasteiger partial charge in [-0.05, 0) is 47.5 Å². The molecule has 28 heavy (non-hydrogen) atoms. The zero-order valence-corrected chi connectivity index (χ0v) is 16.5. The molecule has 2 amide bonds. The molecule has 142 valence electrons. The molecule has 5 nitrogen and oxygen atoms in total. The van der Waals surface area contributed by atoms with Crippen LogP contribution in [0.5, 0.6) is 11.5 Å². The maximum atomic E-state index is 12.7. The van der Waals surface area contributed by atoms with Crippen LogP contribution in [0.2, 0.25) is 5.02 Å². The Balaban J connectivity index is 1.54. The van der Waals surface area contributed by atoms with Crippen LogP contribution in [0, 0.1) is 0 Å². The molecular weight excluding hydrogens is 398 g/mol. The van der Waals surface area contributed by atoms with Crippen molar-refractivity contribution in [1.82, 2.24) is 4.90 Å². The summed E-state index contributed by atoms with van der Waals surface area (Å²) in [6.45, 7) is 2.11. The van der Waals surface area contributed by atoms with Gasteiger partial charge in [-0.1, -0.05) is 48.0 Å². The van der Waals surface area contributed by atoms with E-state index in [1.54, 1.807) is 18.2 Å². The van der Waals surface area contributed by atoms with Gasteiger partial charge in [0.2, 0.25) is 6.79 Å². The van der Waals surface area contributed by atoms with Crippen molar-refractivity contribution < 1.29 is 19.1 Å². The number of hydrogen-bond donors (Lipinski definition) is 0. The largest absolute Gasteiger partial charge is 0.454 e. The van der Waals surface area contributed by atoms with Crippen molar-refractivity contribution in [2.45, 2.75) is 13.5 Å². The second-order valence-electron chi connectivity index (χ2n) is 6.36. The predicted octanol–water partition coefficient (Wildman–Crippen LogP) is 5.25. The van der Waals surface area contributed by atoms with Gasteiger partial charge >= 0.3 is 0 Å². The second-order valence-corrected chi connectivity index (χ2v) is 7.76. The number of fused-ring (bicyclic) bond motifs is 1. The minimum Gasteiger partial charge on any atom is -0.454 e. The van der Waals surface area contributed by atoms with E-state index in [-0.39, 0.29) is 24.5 Å². The number of rotatable bonds is 4. The molecule has 2 aromatic rings. The molecule has 0 N–H and O–H groups in total. The highest BCUT2D eigenvalue weighted by Crippen LogP contribution is 2.39. The van der Waals surface area contributed by atoms with Gasteiger partial charge in [0.15, 0.2) is 11.5 Å². The van der Waals surface area contributed by atoms with Crippen molar-refractivity contribution in [2.75, 3.05) is 6.79 Å². The first-order valence-electron chi connectivity index (χ1n) is 8.58. The average molecular weight is 414 g/mol. The predicted molar refractivity (Wildman–Crippen MR) is 109 cm³/mol. The number of imide groups is 1. The molecule has 2 aromatic carbocycles. The second kappa shape index (κ2) is 7.73. The molecular formula is C21H16ClNO4S. The molecule has 0 bridgehead atoms. The van der Waals surface area contributed by atoms with Crippen molar-refractivity contribution in [3.05, 3.63) is 75.2 Å². The SMILES string of the molecule is CC(=C\c1ccccc1)/C=C1/SC(=O)N(Cc2cc3c(cc2Cl)OCO3)C1=O. The van der Waals surface area contributed by atoms with Gasteiger partial charge in [0.25, 0.3) is 11.1 Å². The third kappa shape index (κ3) is 3.79. The standard InChI is InChI=1S/C21H16ClNO4S/c1-13(7-14-5-3-2-4-6-14)8-19-20(24)23(21(25)28-19)11-15-9-17-18(10-16(15)22)27-12-26-17/h2-10H,11-12H2,1H3/b13-7+,19-8+. The van der Waals surface area contributed by atoms with Crippen LogP contribution < -0.4 is 9.47 Å². The number of hydrogen-bond acceptors (Lipinski definition) is 5. The van der Waals surface area contributed by atoms with E-state index < -0.39 is 0 Å². The van der Waals surface area contributed by atoms with Crippen LogP contribution in [0.15, 0.2) is 59.0 Å². The van der Waals surface area contributed by atoms with Gasteiger partial charge in [0.1, 0.15) is 0 Å². The average Bonchev–Trinajstić information content (AvgIpc) is 3.22. The summed E-state index contributed by atoms with van der Waals surface area (Å²) in [5.74, 6) is 0.789. The molecule has 4 rings (SSSR count). The summed E-state index contributed by atoms with van der Waals surface area (Å²) >= 11 is 7.21. The van der Waals surface area contributed by atoms with E-state index in [2.05, 4.69) is 0 Å². The Kier molecular flexibility index (Phi) is 5.15. The number of allylic oxidation sites excluding steroid dienone is 2. The highest BCUT2D eigenvalue weighted by molar-refractivity contribution is 8.18. The lowest BCUT2D eigenvalue weighted by atomic mass is 10.1. The normalized spacial score (nSPS) is 17.7. The first-order valence-corrected chi connectivity index (χ1v) is 9.77. The fourth-order valence-corrected chi connectivity index (χ4v) is 4.05. The van der Waals surface area contributed by atoms with Gasteiger partial charge in [-0.3, -0.25) is 14.5 Å². The van der Waals surface area contributed by atoms with E-state index in [1.807, 2.05) is 43.3 Å². The Hall–Kier alpha value is -2.70. The number of halogens is 1. The molecule has 7 heteroatoms. The van der Waals surface area contributed by atoms with E-state index in [4.69, 9.17) is 21.1 Å². The van der Waals surface area contributed by atoms with E-state index in [1.165, 1.54) is 4.90 Å². The Labute approximate surface area is 171 Å². The molecule has 1 fully saturated rings. The summed E-state index contributed by atoms with van der Waals surface area (Å²) in [5, 5.41) is 0.102. The fraction of sp³-hybridized carbons (Fsp3) is 0.143. The summed E-state index contributed by atoms with van der Waals surface area (Å²) in [5.41, 5.74) is 2.55. The van der Waals surface area contributed by atoms with Crippen LogP contribution in [0.1, 0.15) is 18.1 Å². The number of benzene rings is 2. The lowest BCUT2D eigenvalue weighted by molar-refractivity contribution is -0.123. The minimum absolute atomic E-state index is 0.0823.